The second-order valence-corrected chi connectivity index (χ2v) is 4.82. The number of benzene rings is 1. The van der Waals surface area contributed by atoms with Gasteiger partial charge in [-0.3, -0.25) is 0 Å². The van der Waals surface area contributed by atoms with Gasteiger partial charge < -0.3 is 9.88 Å². The van der Waals surface area contributed by atoms with E-state index in [4.69, 9.17) is 0 Å². The Balaban J connectivity index is 2.17. The first-order chi connectivity index (χ1) is 8.31. The third-order valence-corrected chi connectivity index (χ3v) is 3.71. The largest absolute Gasteiger partial charge is 0.329 e. The number of nitrogens with zero attached hydrogens (tertiary/aromatic N) is 2. The number of imidazole rings is 1. The summed E-state index contributed by atoms with van der Waals surface area (Å²) in [4.78, 5) is 5.60. The number of hydrogen-bond donors (Lipinski definition) is 1. The molecule has 90 valence electrons. The van der Waals surface area contributed by atoms with Crippen molar-refractivity contribution in [3.8, 4) is 0 Å². The van der Waals surface area contributed by atoms with E-state index in [2.05, 4.69) is 41.5 Å². The third-order valence-electron chi connectivity index (χ3n) is 2.52. The molecule has 4 heteroatoms. The lowest BCUT2D eigenvalue weighted by Crippen LogP contribution is -2.12. The summed E-state index contributed by atoms with van der Waals surface area (Å²) in [6, 6.07) is 8.45. The predicted molar refractivity (Wildman–Crippen MR) is 71.2 cm³/mol. The molecule has 0 aliphatic carbocycles. The van der Waals surface area contributed by atoms with Gasteiger partial charge in [0.1, 0.15) is 0 Å². The normalized spacial score (nSPS) is 10.7. The average Bonchev–Trinajstić information content (AvgIpc) is 2.74. The van der Waals surface area contributed by atoms with E-state index >= 15 is 0 Å². The molecule has 0 saturated carbocycles. The summed E-state index contributed by atoms with van der Waals surface area (Å²) in [7, 11) is 2.02. The van der Waals surface area contributed by atoms with Crippen LogP contribution in [-0.2, 0) is 13.6 Å². The molecule has 0 radical (unpaired) electrons. The minimum atomic E-state index is 0.907. The van der Waals surface area contributed by atoms with E-state index in [0.29, 0.717) is 0 Å². The van der Waals surface area contributed by atoms with Crippen LogP contribution in [0.15, 0.2) is 46.7 Å². The summed E-state index contributed by atoms with van der Waals surface area (Å²) in [5, 5.41) is 4.38. The number of rotatable bonds is 5. The summed E-state index contributed by atoms with van der Waals surface area (Å²) >= 11 is 1.71. The summed E-state index contributed by atoms with van der Waals surface area (Å²) in [6.07, 6.45) is 3.80. The van der Waals surface area contributed by atoms with Crippen molar-refractivity contribution in [2.75, 3.05) is 6.54 Å². The lowest BCUT2D eigenvalue weighted by atomic mass is 10.2. The van der Waals surface area contributed by atoms with E-state index in [1.165, 1.54) is 10.5 Å². The lowest BCUT2D eigenvalue weighted by molar-refractivity contribution is 0.717. The van der Waals surface area contributed by atoms with Gasteiger partial charge in [0, 0.05) is 30.9 Å². The van der Waals surface area contributed by atoms with Gasteiger partial charge in [-0.05, 0) is 18.2 Å². The summed E-state index contributed by atoms with van der Waals surface area (Å²) in [5.74, 6) is 0. The molecule has 0 atom stereocenters. The molecule has 2 rings (SSSR count). The van der Waals surface area contributed by atoms with E-state index in [1.54, 1.807) is 11.8 Å². The van der Waals surface area contributed by atoms with E-state index < -0.39 is 0 Å². The van der Waals surface area contributed by atoms with E-state index in [-0.39, 0.29) is 0 Å². The van der Waals surface area contributed by atoms with Gasteiger partial charge in [-0.2, -0.15) is 0 Å². The smallest absolute Gasteiger partial charge is 0.172 e. The van der Waals surface area contributed by atoms with Gasteiger partial charge in [-0.1, -0.05) is 36.9 Å². The molecule has 0 amide bonds. The second kappa shape index (κ2) is 5.89. The van der Waals surface area contributed by atoms with Crippen LogP contribution in [0.5, 0.6) is 0 Å². The monoisotopic (exact) mass is 247 g/mol. The SMILES string of the molecule is CCNCc1ccccc1Sc1nccn1C. The fraction of sp³-hybridized carbons (Fsp3) is 0.308. The quantitative estimate of drug-likeness (QED) is 0.881. The van der Waals surface area contributed by atoms with Crippen LogP contribution in [-0.4, -0.2) is 16.1 Å². The molecule has 1 N–H and O–H groups in total. The lowest BCUT2D eigenvalue weighted by Gasteiger charge is -2.09. The van der Waals surface area contributed by atoms with E-state index in [9.17, 15) is 0 Å². The van der Waals surface area contributed by atoms with Crippen molar-refractivity contribution in [1.82, 2.24) is 14.9 Å². The molecule has 2 aromatic rings. The Kier molecular flexibility index (Phi) is 4.23. The van der Waals surface area contributed by atoms with Gasteiger partial charge in [-0.25, -0.2) is 4.98 Å². The molecule has 0 fully saturated rings. The Labute approximate surface area is 106 Å². The minimum Gasteiger partial charge on any atom is -0.329 e. The first kappa shape index (κ1) is 12.2. The van der Waals surface area contributed by atoms with Crippen LogP contribution in [0.4, 0.5) is 0 Å². The molecule has 1 aromatic heterocycles. The number of aryl methyl sites for hydroxylation is 1. The average molecular weight is 247 g/mol. The van der Waals surface area contributed by atoms with Gasteiger partial charge in [0.2, 0.25) is 0 Å². The number of hydrogen-bond acceptors (Lipinski definition) is 3. The standard InChI is InChI=1S/C13H17N3S/c1-3-14-10-11-6-4-5-7-12(11)17-13-15-8-9-16(13)2/h4-9,14H,3,10H2,1-2H3. The molecule has 0 aliphatic rings. The van der Waals surface area contributed by atoms with Crippen molar-refractivity contribution in [3.63, 3.8) is 0 Å². The maximum absolute atomic E-state index is 4.34. The van der Waals surface area contributed by atoms with Crippen LogP contribution in [0.3, 0.4) is 0 Å². The Morgan fingerprint density at radius 3 is 2.88 bits per heavy atom. The summed E-state index contributed by atoms with van der Waals surface area (Å²) in [5.41, 5.74) is 1.32. The Morgan fingerprint density at radius 2 is 2.18 bits per heavy atom. The molecule has 3 nitrogen and oxygen atoms in total. The van der Waals surface area contributed by atoms with Crippen LogP contribution in [0.1, 0.15) is 12.5 Å². The molecule has 17 heavy (non-hydrogen) atoms. The zero-order valence-corrected chi connectivity index (χ0v) is 11.0. The van der Waals surface area contributed by atoms with Crippen LogP contribution < -0.4 is 5.32 Å². The van der Waals surface area contributed by atoms with Crippen molar-refractivity contribution >= 4 is 11.8 Å². The zero-order chi connectivity index (χ0) is 12.1. The van der Waals surface area contributed by atoms with E-state index in [1.807, 2.05) is 24.0 Å². The topological polar surface area (TPSA) is 29.9 Å². The van der Waals surface area contributed by atoms with Crippen LogP contribution in [0, 0.1) is 0 Å². The van der Waals surface area contributed by atoms with Crippen molar-refractivity contribution in [3.05, 3.63) is 42.2 Å². The van der Waals surface area contributed by atoms with Crippen molar-refractivity contribution in [2.45, 2.75) is 23.5 Å². The Hall–Kier alpha value is -1.26. The van der Waals surface area contributed by atoms with Gasteiger partial charge in [0.25, 0.3) is 0 Å². The highest BCUT2D eigenvalue weighted by molar-refractivity contribution is 7.99. The summed E-state index contributed by atoms with van der Waals surface area (Å²) < 4.78 is 2.04. The van der Waals surface area contributed by atoms with Crippen LogP contribution >= 0.6 is 11.8 Å². The molecule has 1 aromatic carbocycles. The van der Waals surface area contributed by atoms with Gasteiger partial charge in [-0.15, -0.1) is 0 Å². The highest BCUT2D eigenvalue weighted by Gasteiger charge is 2.06. The molecule has 0 unspecified atom stereocenters. The Morgan fingerprint density at radius 1 is 1.35 bits per heavy atom. The molecular formula is C13H17N3S. The Bertz CT molecular complexity index is 479. The van der Waals surface area contributed by atoms with Crippen molar-refractivity contribution in [1.29, 1.82) is 0 Å². The number of aromatic nitrogens is 2. The minimum absolute atomic E-state index is 0.907. The summed E-state index contributed by atoms with van der Waals surface area (Å²) in [6.45, 7) is 4.01. The molecule has 1 heterocycles. The fourth-order valence-electron chi connectivity index (χ4n) is 1.56. The highest BCUT2D eigenvalue weighted by atomic mass is 32.2. The van der Waals surface area contributed by atoms with Crippen molar-refractivity contribution < 1.29 is 0 Å². The molecular weight excluding hydrogens is 230 g/mol. The van der Waals surface area contributed by atoms with Crippen molar-refractivity contribution in [2.24, 2.45) is 7.05 Å². The first-order valence-corrected chi connectivity index (χ1v) is 6.56. The highest BCUT2D eigenvalue weighted by Crippen LogP contribution is 2.28. The van der Waals surface area contributed by atoms with Crippen LogP contribution in [0.2, 0.25) is 0 Å². The number of nitrogens with one attached hydrogen (secondary N) is 1. The second-order valence-electron chi connectivity index (χ2n) is 3.81. The third kappa shape index (κ3) is 3.11. The zero-order valence-electron chi connectivity index (χ0n) is 10.2. The maximum atomic E-state index is 4.34. The van der Waals surface area contributed by atoms with Gasteiger partial charge >= 0.3 is 0 Å². The predicted octanol–water partition coefficient (Wildman–Crippen LogP) is 2.68. The fourth-order valence-corrected chi connectivity index (χ4v) is 2.49. The molecule has 0 spiro atoms. The van der Waals surface area contributed by atoms with Gasteiger partial charge in [0.15, 0.2) is 5.16 Å². The molecule has 0 saturated heterocycles. The first-order valence-electron chi connectivity index (χ1n) is 5.75. The van der Waals surface area contributed by atoms with Crippen LogP contribution in [0.25, 0.3) is 0 Å². The maximum Gasteiger partial charge on any atom is 0.172 e. The molecule has 0 bridgehead atoms. The molecule has 0 aliphatic heterocycles. The van der Waals surface area contributed by atoms with E-state index in [0.717, 1.165) is 18.2 Å². The van der Waals surface area contributed by atoms with Gasteiger partial charge in [0.05, 0.1) is 0 Å².